The zero-order valence-corrected chi connectivity index (χ0v) is 12.3. The van der Waals surface area contributed by atoms with Gasteiger partial charge in [0.05, 0.1) is 0 Å². The number of rotatable bonds is 5. The van der Waals surface area contributed by atoms with Gasteiger partial charge in [0.1, 0.15) is 6.61 Å². The molecule has 112 valence electrons. The minimum Gasteiger partial charge on any atom is -0.458 e. The Morgan fingerprint density at radius 3 is 2.27 bits per heavy atom. The van der Waals surface area contributed by atoms with E-state index in [1.807, 2.05) is 31.2 Å². The molecule has 0 aliphatic carbocycles. The first kappa shape index (κ1) is 15.5. The lowest BCUT2D eigenvalue weighted by molar-refractivity contribution is -0.138. The first-order valence-corrected chi connectivity index (χ1v) is 6.85. The number of carbonyl (C=O) groups is 2. The smallest absolute Gasteiger partial charge is 0.331 e. The largest absolute Gasteiger partial charge is 0.458 e. The standard InChI is InChI=1S/C18H17NO3/c1-13-2-4-14(5-3-13)8-11-17(20)22-12-15-6-9-16(10-7-15)18(19)21/h2-11H,12H2,1H3,(H2,19,21)/b11-8+. The van der Waals surface area contributed by atoms with E-state index < -0.39 is 11.9 Å². The van der Waals surface area contributed by atoms with Crippen LogP contribution in [0.15, 0.2) is 54.6 Å². The summed E-state index contributed by atoms with van der Waals surface area (Å²) in [7, 11) is 0. The fourth-order valence-corrected chi connectivity index (χ4v) is 1.81. The van der Waals surface area contributed by atoms with Crippen molar-refractivity contribution in [2.45, 2.75) is 13.5 Å². The quantitative estimate of drug-likeness (QED) is 0.681. The van der Waals surface area contributed by atoms with Crippen LogP contribution in [0, 0.1) is 6.92 Å². The maximum Gasteiger partial charge on any atom is 0.331 e. The van der Waals surface area contributed by atoms with E-state index in [9.17, 15) is 9.59 Å². The Balaban J connectivity index is 1.87. The number of amides is 1. The van der Waals surface area contributed by atoms with Gasteiger partial charge in [-0.05, 0) is 36.3 Å². The number of aryl methyl sites for hydroxylation is 1. The number of ether oxygens (including phenoxy) is 1. The van der Waals surface area contributed by atoms with Gasteiger partial charge in [0.2, 0.25) is 5.91 Å². The third-order valence-corrected chi connectivity index (χ3v) is 3.11. The highest BCUT2D eigenvalue weighted by Crippen LogP contribution is 2.07. The SMILES string of the molecule is Cc1ccc(/C=C/C(=O)OCc2ccc(C(N)=O)cc2)cc1. The van der Waals surface area contributed by atoms with Crippen molar-refractivity contribution in [2.75, 3.05) is 0 Å². The Labute approximate surface area is 129 Å². The van der Waals surface area contributed by atoms with E-state index in [1.165, 1.54) is 11.6 Å². The second-order valence-electron chi connectivity index (χ2n) is 4.91. The summed E-state index contributed by atoms with van der Waals surface area (Å²) in [5.74, 6) is -0.899. The number of benzene rings is 2. The van der Waals surface area contributed by atoms with E-state index in [2.05, 4.69) is 0 Å². The van der Waals surface area contributed by atoms with Gasteiger partial charge in [-0.1, -0.05) is 42.0 Å². The van der Waals surface area contributed by atoms with Crippen LogP contribution in [0.5, 0.6) is 0 Å². The van der Waals surface area contributed by atoms with Crippen molar-refractivity contribution in [1.29, 1.82) is 0 Å². The number of nitrogens with two attached hydrogens (primary N) is 1. The molecule has 0 aliphatic heterocycles. The number of primary amides is 1. The van der Waals surface area contributed by atoms with Crippen LogP contribution in [0.1, 0.15) is 27.0 Å². The van der Waals surface area contributed by atoms with Gasteiger partial charge in [0.15, 0.2) is 0 Å². The summed E-state index contributed by atoms with van der Waals surface area (Å²) in [6.45, 7) is 2.15. The van der Waals surface area contributed by atoms with Crippen LogP contribution >= 0.6 is 0 Å². The summed E-state index contributed by atoms with van der Waals surface area (Å²) >= 11 is 0. The van der Waals surface area contributed by atoms with Crippen molar-refractivity contribution in [1.82, 2.24) is 0 Å². The lowest BCUT2D eigenvalue weighted by atomic mass is 10.1. The second kappa shape index (κ2) is 7.22. The highest BCUT2D eigenvalue weighted by Gasteiger charge is 2.02. The average molecular weight is 295 g/mol. The molecule has 0 saturated carbocycles. The minimum absolute atomic E-state index is 0.149. The molecule has 2 rings (SSSR count). The molecule has 0 heterocycles. The van der Waals surface area contributed by atoms with E-state index in [4.69, 9.17) is 10.5 Å². The van der Waals surface area contributed by atoms with Crippen LogP contribution in [0.2, 0.25) is 0 Å². The monoisotopic (exact) mass is 295 g/mol. The third kappa shape index (κ3) is 4.59. The summed E-state index contributed by atoms with van der Waals surface area (Å²) in [5.41, 5.74) is 8.48. The number of carbonyl (C=O) groups excluding carboxylic acids is 2. The third-order valence-electron chi connectivity index (χ3n) is 3.11. The van der Waals surface area contributed by atoms with Gasteiger partial charge in [-0.25, -0.2) is 4.79 Å². The maximum atomic E-state index is 11.6. The van der Waals surface area contributed by atoms with Crippen LogP contribution in [0.4, 0.5) is 0 Å². The van der Waals surface area contributed by atoms with Gasteiger partial charge >= 0.3 is 5.97 Å². The lowest BCUT2D eigenvalue weighted by Crippen LogP contribution is -2.10. The summed E-state index contributed by atoms with van der Waals surface area (Å²) < 4.78 is 5.13. The minimum atomic E-state index is -0.482. The summed E-state index contributed by atoms with van der Waals surface area (Å²) in [4.78, 5) is 22.6. The molecule has 0 bridgehead atoms. The van der Waals surface area contributed by atoms with Crippen LogP contribution in [-0.2, 0) is 16.1 Å². The molecule has 0 saturated heterocycles. The van der Waals surface area contributed by atoms with Gasteiger partial charge in [0, 0.05) is 11.6 Å². The predicted octanol–water partition coefficient (Wildman–Crippen LogP) is 2.85. The molecular formula is C18H17NO3. The molecule has 0 spiro atoms. The molecular weight excluding hydrogens is 278 g/mol. The average Bonchev–Trinajstić information content (AvgIpc) is 2.52. The Morgan fingerprint density at radius 1 is 1.05 bits per heavy atom. The van der Waals surface area contributed by atoms with Gasteiger partial charge in [-0.3, -0.25) is 4.79 Å². The van der Waals surface area contributed by atoms with Crippen LogP contribution < -0.4 is 5.73 Å². The number of esters is 1. The van der Waals surface area contributed by atoms with Crippen molar-refractivity contribution >= 4 is 18.0 Å². The Bertz CT molecular complexity index is 685. The summed E-state index contributed by atoms with van der Waals surface area (Å²) in [6.07, 6.45) is 3.10. The maximum absolute atomic E-state index is 11.6. The van der Waals surface area contributed by atoms with E-state index in [-0.39, 0.29) is 6.61 Å². The molecule has 4 heteroatoms. The molecule has 2 N–H and O–H groups in total. The molecule has 0 aliphatic rings. The Kier molecular flexibility index (Phi) is 5.09. The van der Waals surface area contributed by atoms with E-state index in [0.717, 1.165) is 11.1 Å². The zero-order chi connectivity index (χ0) is 15.9. The molecule has 0 fully saturated rings. The topological polar surface area (TPSA) is 69.4 Å². The van der Waals surface area contributed by atoms with E-state index >= 15 is 0 Å². The lowest BCUT2D eigenvalue weighted by Gasteiger charge is -2.03. The van der Waals surface area contributed by atoms with Gasteiger partial charge in [-0.15, -0.1) is 0 Å². The molecule has 0 radical (unpaired) electrons. The highest BCUT2D eigenvalue weighted by atomic mass is 16.5. The van der Waals surface area contributed by atoms with Crippen LogP contribution in [0.3, 0.4) is 0 Å². The molecule has 22 heavy (non-hydrogen) atoms. The van der Waals surface area contributed by atoms with Gasteiger partial charge in [0.25, 0.3) is 0 Å². The van der Waals surface area contributed by atoms with Crippen molar-refractivity contribution in [3.05, 3.63) is 76.9 Å². The van der Waals surface area contributed by atoms with Crippen molar-refractivity contribution < 1.29 is 14.3 Å². The van der Waals surface area contributed by atoms with Gasteiger partial charge in [-0.2, -0.15) is 0 Å². The van der Waals surface area contributed by atoms with Crippen molar-refractivity contribution in [3.8, 4) is 0 Å². The molecule has 0 atom stereocenters. The number of hydrogen-bond donors (Lipinski definition) is 1. The normalized spacial score (nSPS) is 10.6. The second-order valence-corrected chi connectivity index (χ2v) is 4.91. The van der Waals surface area contributed by atoms with E-state index in [1.54, 1.807) is 30.3 Å². The number of hydrogen-bond acceptors (Lipinski definition) is 3. The highest BCUT2D eigenvalue weighted by molar-refractivity contribution is 5.92. The first-order valence-electron chi connectivity index (χ1n) is 6.85. The van der Waals surface area contributed by atoms with Crippen LogP contribution in [-0.4, -0.2) is 11.9 Å². The van der Waals surface area contributed by atoms with E-state index in [0.29, 0.717) is 5.56 Å². The summed E-state index contributed by atoms with van der Waals surface area (Å²) in [5, 5.41) is 0. The molecule has 0 unspecified atom stereocenters. The predicted molar refractivity (Wildman–Crippen MR) is 85.0 cm³/mol. The van der Waals surface area contributed by atoms with Gasteiger partial charge < -0.3 is 10.5 Å². The molecule has 4 nitrogen and oxygen atoms in total. The molecule has 1 amide bonds. The zero-order valence-electron chi connectivity index (χ0n) is 12.3. The Morgan fingerprint density at radius 2 is 1.68 bits per heavy atom. The molecule has 2 aromatic carbocycles. The summed E-state index contributed by atoms with van der Waals surface area (Å²) in [6, 6.07) is 14.4. The Hall–Kier alpha value is -2.88. The first-order chi connectivity index (χ1) is 10.5. The fraction of sp³-hybridized carbons (Fsp3) is 0.111. The molecule has 0 aromatic heterocycles. The van der Waals surface area contributed by atoms with Crippen LogP contribution in [0.25, 0.3) is 6.08 Å². The fourth-order valence-electron chi connectivity index (χ4n) is 1.81. The molecule has 2 aromatic rings. The van der Waals surface area contributed by atoms with Crippen molar-refractivity contribution in [3.63, 3.8) is 0 Å². The van der Waals surface area contributed by atoms with Crippen molar-refractivity contribution in [2.24, 2.45) is 5.73 Å².